The molecule has 2 N–H and O–H groups in total. The Bertz CT molecular complexity index is 694. The third-order valence-corrected chi connectivity index (χ3v) is 6.19. The Morgan fingerprint density at radius 2 is 2.13 bits per heavy atom. The normalized spacial score (nSPS) is 22.0. The van der Waals surface area contributed by atoms with Gasteiger partial charge in [0.1, 0.15) is 10.6 Å². The summed E-state index contributed by atoms with van der Waals surface area (Å²) in [6.45, 7) is 6.63. The lowest BCUT2D eigenvalue weighted by molar-refractivity contribution is 0.0515. The third kappa shape index (κ3) is 3.44. The number of nitrogens with zero attached hydrogens (tertiary/aromatic N) is 2. The summed E-state index contributed by atoms with van der Waals surface area (Å²) in [6, 6.07) is 1.34. The van der Waals surface area contributed by atoms with E-state index >= 15 is 0 Å². The molecule has 23 heavy (non-hydrogen) atoms. The minimum absolute atomic E-state index is 0.0279. The topological polar surface area (TPSA) is 94.6 Å². The lowest BCUT2D eigenvalue weighted by Crippen LogP contribution is -2.53. The number of aryl methyl sites for hydroxylation is 1. The molecule has 1 aliphatic heterocycles. The van der Waals surface area contributed by atoms with Gasteiger partial charge in [-0.3, -0.25) is 0 Å². The van der Waals surface area contributed by atoms with Gasteiger partial charge in [-0.05, 0) is 24.8 Å². The van der Waals surface area contributed by atoms with Crippen LogP contribution in [-0.2, 0) is 21.8 Å². The lowest BCUT2D eigenvalue weighted by atomic mass is 9.81. The van der Waals surface area contributed by atoms with Crippen LogP contribution < -0.4 is 5.73 Å². The van der Waals surface area contributed by atoms with Gasteiger partial charge in [-0.15, -0.1) is 0 Å². The minimum Gasteiger partial charge on any atom is -0.461 e. The van der Waals surface area contributed by atoms with Gasteiger partial charge in [0, 0.05) is 32.4 Å². The molecule has 130 valence electrons. The number of aromatic nitrogens is 1. The molecular formula is C15H25N3O4S. The third-order valence-electron chi connectivity index (χ3n) is 4.38. The number of ether oxygens (including phenoxy) is 1. The highest BCUT2D eigenvalue weighted by Gasteiger charge is 2.39. The van der Waals surface area contributed by atoms with Crippen LogP contribution in [0.3, 0.4) is 0 Å². The van der Waals surface area contributed by atoms with E-state index in [1.165, 1.54) is 21.1 Å². The van der Waals surface area contributed by atoms with Gasteiger partial charge >= 0.3 is 5.97 Å². The standard InChI is InChI=1S/C15H25N3O4S/c1-5-22-14(19)12-8-11(9-17(12)4)23(20,21)18-7-6-13(16)15(2,3)10-18/h8-9,13H,5-7,10,16H2,1-4H3. The zero-order valence-electron chi connectivity index (χ0n) is 14.1. The molecule has 0 aliphatic carbocycles. The summed E-state index contributed by atoms with van der Waals surface area (Å²) in [6.07, 6.45) is 2.06. The average molecular weight is 343 g/mol. The molecule has 1 fully saturated rings. The van der Waals surface area contributed by atoms with E-state index in [0.717, 1.165) is 0 Å². The molecular weight excluding hydrogens is 318 g/mol. The summed E-state index contributed by atoms with van der Waals surface area (Å²) >= 11 is 0. The molecule has 7 nitrogen and oxygen atoms in total. The van der Waals surface area contributed by atoms with E-state index in [1.54, 1.807) is 14.0 Å². The molecule has 0 radical (unpaired) electrons. The smallest absolute Gasteiger partial charge is 0.354 e. The molecule has 1 aliphatic rings. The van der Waals surface area contributed by atoms with E-state index in [4.69, 9.17) is 10.5 Å². The molecule has 0 bridgehead atoms. The molecule has 0 amide bonds. The Kier molecular flexibility index (Phi) is 4.89. The molecule has 0 saturated carbocycles. The first-order valence-electron chi connectivity index (χ1n) is 7.69. The number of sulfonamides is 1. The van der Waals surface area contributed by atoms with Gasteiger partial charge in [0.05, 0.1) is 6.61 Å². The molecule has 1 aromatic rings. The van der Waals surface area contributed by atoms with E-state index in [1.807, 2.05) is 13.8 Å². The Labute approximate surface area is 137 Å². The van der Waals surface area contributed by atoms with Crippen LogP contribution in [0.1, 0.15) is 37.7 Å². The highest BCUT2D eigenvalue weighted by atomic mass is 32.2. The van der Waals surface area contributed by atoms with Crippen molar-refractivity contribution in [2.24, 2.45) is 18.2 Å². The van der Waals surface area contributed by atoms with Crippen molar-refractivity contribution in [1.29, 1.82) is 0 Å². The van der Waals surface area contributed by atoms with Crippen LogP contribution in [0.2, 0.25) is 0 Å². The van der Waals surface area contributed by atoms with E-state index in [2.05, 4.69) is 0 Å². The van der Waals surface area contributed by atoms with E-state index in [9.17, 15) is 13.2 Å². The van der Waals surface area contributed by atoms with Gasteiger partial charge in [0.15, 0.2) is 0 Å². The van der Waals surface area contributed by atoms with Crippen LogP contribution >= 0.6 is 0 Å². The molecule has 8 heteroatoms. The summed E-state index contributed by atoms with van der Waals surface area (Å²) in [5.74, 6) is -0.530. The molecule has 0 aromatic carbocycles. The highest BCUT2D eigenvalue weighted by molar-refractivity contribution is 7.89. The zero-order valence-corrected chi connectivity index (χ0v) is 14.9. The highest BCUT2D eigenvalue weighted by Crippen LogP contribution is 2.31. The Morgan fingerprint density at radius 3 is 2.70 bits per heavy atom. The Hall–Kier alpha value is -1.38. The summed E-state index contributed by atoms with van der Waals surface area (Å²) in [4.78, 5) is 12.0. The Morgan fingerprint density at radius 1 is 1.48 bits per heavy atom. The monoisotopic (exact) mass is 343 g/mol. The van der Waals surface area contributed by atoms with Gasteiger partial charge in [-0.2, -0.15) is 4.31 Å². The van der Waals surface area contributed by atoms with Crippen molar-refractivity contribution < 1.29 is 17.9 Å². The van der Waals surface area contributed by atoms with Crippen LogP contribution in [0, 0.1) is 5.41 Å². The second kappa shape index (κ2) is 6.26. The first-order valence-corrected chi connectivity index (χ1v) is 9.13. The van der Waals surface area contributed by atoms with Crippen molar-refractivity contribution in [3.8, 4) is 0 Å². The predicted molar refractivity (Wildman–Crippen MR) is 86.5 cm³/mol. The summed E-state index contributed by atoms with van der Waals surface area (Å²) in [5.41, 5.74) is 6.00. The van der Waals surface area contributed by atoms with Crippen molar-refractivity contribution in [3.63, 3.8) is 0 Å². The van der Waals surface area contributed by atoms with E-state index in [0.29, 0.717) is 19.5 Å². The molecule has 2 heterocycles. The summed E-state index contributed by atoms with van der Waals surface area (Å²) < 4.78 is 33.6. The lowest BCUT2D eigenvalue weighted by Gasteiger charge is -2.41. The summed E-state index contributed by atoms with van der Waals surface area (Å²) in [5, 5.41) is 0. The van der Waals surface area contributed by atoms with Crippen LogP contribution in [-0.4, -0.2) is 49.0 Å². The van der Waals surface area contributed by atoms with Gasteiger partial charge < -0.3 is 15.0 Å². The first-order chi connectivity index (χ1) is 10.6. The van der Waals surface area contributed by atoms with Crippen molar-refractivity contribution in [2.75, 3.05) is 19.7 Å². The molecule has 2 rings (SSSR count). The summed E-state index contributed by atoms with van der Waals surface area (Å²) in [7, 11) is -2.03. The quantitative estimate of drug-likeness (QED) is 0.821. The number of nitrogens with two attached hydrogens (primary N) is 1. The number of piperidine rings is 1. The van der Waals surface area contributed by atoms with Crippen molar-refractivity contribution >= 4 is 16.0 Å². The number of carbonyl (C=O) groups excluding carboxylic acids is 1. The number of carbonyl (C=O) groups is 1. The fraction of sp³-hybridized carbons (Fsp3) is 0.667. The number of esters is 1. The second-order valence-electron chi connectivity index (χ2n) is 6.61. The average Bonchev–Trinajstić information content (AvgIpc) is 2.84. The van der Waals surface area contributed by atoms with Gasteiger partial charge in [0.25, 0.3) is 0 Å². The van der Waals surface area contributed by atoms with Crippen molar-refractivity contribution in [1.82, 2.24) is 8.87 Å². The van der Waals surface area contributed by atoms with Gasteiger partial charge in [-0.25, -0.2) is 13.2 Å². The van der Waals surface area contributed by atoms with E-state index < -0.39 is 16.0 Å². The first kappa shape index (κ1) is 18.0. The van der Waals surface area contributed by atoms with Crippen molar-refractivity contribution in [2.45, 2.75) is 38.1 Å². The van der Waals surface area contributed by atoms with E-state index in [-0.39, 0.29) is 28.7 Å². The second-order valence-corrected chi connectivity index (χ2v) is 8.55. The number of hydrogen-bond acceptors (Lipinski definition) is 5. The largest absolute Gasteiger partial charge is 0.461 e. The van der Waals surface area contributed by atoms with Gasteiger partial charge in [-0.1, -0.05) is 13.8 Å². The van der Waals surface area contributed by atoms with Crippen molar-refractivity contribution in [3.05, 3.63) is 18.0 Å². The zero-order chi connectivity index (χ0) is 17.4. The molecule has 1 aromatic heterocycles. The number of rotatable bonds is 4. The molecule has 0 spiro atoms. The maximum Gasteiger partial charge on any atom is 0.354 e. The maximum atomic E-state index is 12.8. The van der Waals surface area contributed by atoms with Crippen LogP contribution in [0.5, 0.6) is 0 Å². The molecule has 1 saturated heterocycles. The maximum absolute atomic E-state index is 12.8. The van der Waals surface area contributed by atoms with Gasteiger partial charge in [0.2, 0.25) is 10.0 Å². The van der Waals surface area contributed by atoms with Crippen LogP contribution in [0.25, 0.3) is 0 Å². The minimum atomic E-state index is -3.66. The number of hydrogen-bond donors (Lipinski definition) is 1. The predicted octanol–water partition coefficient (Wildman–Crippen LogP) is 0.950. The Balaban J connectivity index is 2.30. The fourth-order valence-corrected chi connectivity index (χ4v) is 4.46. The fourth-order valence-electron chi connectivity index (χ4n) is 2.76. The SMILES string of the molecule is CCOC(=O)c1cc(S(=O)(=O)N2CCC(N)C(C)(C)C2)cn1C. The molecule has 1 unspecified atom stereocenters. The molecule has 1 atom stereocenters. The van der Waals surface area contributed by atoms with Crippen LogP contribution in [0.15, 0.2) is 17.2 Å². The van der Waals surface area contributed by atoms with Crippen LogP contribution in [0.4, 0.5) is 0 Å².